The Hall–Kier alpha value is -3.07. The van der Waals surface area contributed by atoms with Crippen LogP contribution in [0, 0.1) is 0 Å². The molecule has 0 spiro atoms. The second-order valence-electron chi connectivity index (χ2n) is 9.66. The van der Waals surface area contributed by atoms with Crippen LogP contribution in [0.2, 0.25) is 0 Å². The van der Waals surface area contributed by atoms with Crippen molar-refractivity contribution in [1.29, 1.82) is 0 Å². The van der Waals surface area contributed by atoms with E-state index >= 15 is 0 Å². The number of methoxy groups -OCH3 is 1. The van der Waals surface area contributed by atoms with Crippen LogP contribution < -0.4 is 14.4 Å². The molecule has 1 saturated carbocycles. The van der Waals surface area contributed by atoms with Gasteiger partial charge in [-0.3, -0.25) is 13.9 Å². The average Bonchev–Trinajstić information content (AvgIpc) is 2.90. The molecule has 1 atom stereocenters. The highest BCUT2D eigenvalue weighted by molar-refractivity contribution is 7.92. The molecule has 8 nitrogen and oxygen atoms in total. The van der Waals surface area contributed by atoms with Gasteiger partial charge in [-0.05, 0) is 56.0 Å². The molecular formula is C28H39N3O5S. The topological polar surface area (TPSA) is 96.0 Å². The molecule has 0 saturated heterocycles. The first kappa shape index (κ1) is 28.5. The Bertz CT molecular complexity index is 1120. The molecule has 3 rings (SSSR count). The van der Waals surface area contributed by atoms with Crippen LogP contribution in [0.1, 0.15) is 57.4 Å². The van der Waals surface area contributed by atoms with E-state index in [0.717, 1.165) is 37.5 Å². The summed E-state index contributed by atoms with van der Waals surface area (Å²) >= 11 is 0. The molecule has 1 aliphatic rings. The van der Waals surface area contributed by atoms with Crippen molar-refractivity contribution in [3.63, 3.8) is 0 Å². The van der Waals surface area contributed by atoms with Gasteiger partial charge in [0.15, 0.2) is 0 Å². The summed E-state index contributed by atoms with van der Waals surface area (Å²) < 4.78 is 31.4. The van der Waals surface area contributed by atoms with Crippen LogP contribution in [-0.2, 0) is 26.2 Å². The number of nitrogens with zero attached hydrogens (tertiary/aromatic N) is 2. The van der Waals surface area contributed by atoms with Crippen LogP contribution >= 0.6 is 0 Å². The summed E-state index contributed by atoms with van der Waals surface area (Å²) in [5.74, 6) is 0.301. The van der Waals surface area contributed by atoms with Gasteiger partial charge in [0.05, 0.1) is 19.1 Å². The standard InChI is InChI=1S/C28H39N3O5S/c1-22(28(33)29-24-13-8-5-9-14-24)30(21-23-11-6-4-7-12-23)27(32)15-10-20-31(37(3,34)35)25-16-18-26(36-2)19-17-25/h4,6-7,11-12,16-19,22,24H,5,8-10,13-15,20-21H2,1-3H3,(H,29,33)/t22-/m0/s1. The Labute approximate surface area is 221 Å². The van der Waals surface area contributed by atoms with E-state index in [1.54, 1.807) is 43.2 Å². The third-order valence-electron chi connectivity index (χ3n) is 6.83. The molecule has 0 radical (unpaired) electrons. The van der Waals surface area contributed by atoms with E-state index in [1.807, 2.05) is 30.3 Å². The first-order chi connectivity index (χ1) is 17.7. The Morgan fingerprint density at radius 3 is 2.27 bits per heavy atom. The van der Waals surface area contributed by atoms with E-state index in [0.29, 0.717) is 24.4 Å². The number of hydrogen-bond donors (Lipinski definition) is 1. The summed E-state index contributed by atoms with van der Waals surface area (Å²) in [5.41, 5.74) is 1.45. The number of sulfonamides is 1. The van der Waals surface area contributed by atoms with Gasteiger partial charge in [-0.25, -0.2) is 8.42 Å². The highest BCUT2D eigenvalue weighted by Crippen LogP contribution is 2.23. The fourth-order valence-corrected chi connectivity index (χ4v) is 5.65. The van der Waals surface area contributed by atoms with Crippen molar-refractivity contribution in [2.75, 3.05) is 24.2 Å². The normalized spacial score (nSPS) is 15.0. The van der Waals surface area contributed by atoms with Crippen LogP contribution in [0.25, 0.3) is 0 Å². The van der Waals surface area contributed by atoms with Gasteiger partial charge in [0.2, 0.25) is 21.8 Å². The number of amides is 2. The third-order valence-corrected chi connectivity index (χ3v) is 8.02. The Kier molecular flexibility index (Phi) is 10.4. The lowest BCUT2D eigenvalue weighted by atomic mass is 9.95. The summed E-state index contributed by atoms with van der Waals surface area (Å²) in [6.07, 6.45) is 6.94. The largest absolute Gasteiger partial charge is 0.497 e. The molecule has 9 heteroatoms. The molecule has 2 aromatic rings. The molecule has 0 aliphatic heterocycles. The van der Waals surface area contributed by atoms with Gasteiger partial charge in [0.25, 0.3) is 0 Å². The molecule has 37 heavy (non-hydrogen) atoms. The number of hydrogen-bond acceptors (Lipinski definition) is 5. The number of nitrogens with one attached hydrogen (secondary N) is 1. The molecule has 1 fully saturated rings. The number of carbonyl (C=O) groups is 2. The van der Waals surface area contributed by atoms with Crippen LogP contribution in [0.3, 0.4) is 0 Å². The first-order valence-electron chi connectivity index (χ1n) is 12.9. The molecule has 0 bridgehead atoms. The predicted octanol–water partition coefficient (Wildman–Crippen LogP) is 4.11. The first-order valence-corrected chi connectivity index (χ1v) is 14.8. The molecule has 2 aromatic carbocycles. The highest BCUT2D eigenvalue weighted by atomic mass is 32.2. The highest BCUT2D eigenvalue weighted by Gasteiger charge is 2.28. The molecule has 1 aliphatic carbocycles. The van der Waals surface area contributed by atoms with Crippen molar-refractivity contribution in [1.82, 2.24) is 10.2 Å². The van der Waals surface area contributed by atoms with Gasteiger partial charge in [-0.1, -0.05) is 49.6 Å². The zero-order chi connectivity index (χ0) is 26.8. The monoisotopic (exact) mass is 529 g/mol. The maximum Gasteiger partial charge on any atom is 0.242 e. The Balaban J connectivity index is 1.68. The fraction of sp³-hybridized carbons (Fsp3) is 0.500. The molecule has 0 unspecified atom stereocenters. The van der Waals surface area contributed by atoms with E-state index in [1.165, 1.54) is 10.7 Å². The summed E-state index contributed by atoms with van der Waals surface area (Å²) in [4.78, 5) is 28.1. The number of carbonyl (C=O) groups excluding carboxylic acids is 2. The maximum absolute atomic E-state index is 13.4. The fourth-order valence-electron chi connectivity index (χ4n) is 4.68. The van der Waals surface area contributed by atoms with Crippen molar-refractivity contribution in [2.45, 2.75) is 70.5 Å². The summed E-state index contributed by atoms with van der Waals surface area (Å²) in [5, 5.41) is 3.13. The number of benzene rings is 2. The van der Waals surface area contributed by atoms with Gasteiger partial charge >= 0.3 is 0 Å². The van der Waals surface area contributed by atoms with Gasteiger partial charge in [-0.15, -0.1) is 0 Å². The van der Waals surface area contributed by atoms with Crippen LogP contribution in [-0.4, -0.2) is 57.1 Å². The van der Waals surface area contributed by atoms with E-state index in [-0.39, 0.29) is 30.8 Å². The summed E-state index contributed by atoms with van der Waals surface area (Å²) in [6.45, 7) is 2.23. The smallest absolute Gasteiger partial charge is 0.242 e. The SMILES string of the molecule is COc1ccc(N(CCCC(=O)N(Cc2ccccc2)[C@@H](C)C(=O)NC2CCCCC2)S(C)(=O)=O)cc1. The quantitative estimate of drug-likeness (QED) is 0.447. The van der Waals surface area contributed by atoms with E-state index in [2.05, 4.69) is 5.32 Å². The minimum absolute atomic E-state index is 0.121. The van der Waals surface area contributed by atoms with E-state index in [4.69, 9.17) is 4.74 Å². The van der Waals surface area contributed by atoms with Crippen molar-refractivity contribution in [2.24, 2.45) is 0 Å². The number of anilines is 1. The molecule has 2 amide bonds. The van der Waals surface area contributed by atoms with Gasteiger partial charge in [0.1, 0.15) is 11.8 Å². The lowest BCUT2D eigenvalue weighted by Crippen LogP contribution is -2.50. The minimum atomic E-state index is -3.55. The van der Waals surface area contributed by atoms with E-state index < -0.39 is 16.1 Å². The lowest BCUT2D eigenvalue weighted by Gasteiger charge is -2.31. The average molecular weight is 530 g/mol. The second kappa shape index (κ2) is 13.5. The van der Waals surface area contributed by atoms with Crippen LogP contribution in [0.4, 0.5) is 5.69 Å². The summed E-state index contributed by atoms with van der Waals surface area (Å²) in [6, 6.07) is 15.9. The molecular weight excluding hydrogens is 490 g/mol. The van der Waals surface area contributed by atoms with Crippen molar-refractivity contribution < 1.29 is 22.7 Å². The molecule has 202 valence electrons. The van der Waals surface area contributed by atoms with E-state index in [9.17, 15) is 18.0 Å². The zero-order valence-corrected chi connectivity index (χ0v) is 22.9. The Morgan fingerprint density at radius 2 is 1.68 bits per heavy atom. The lowest BCUT2D eigenvalue weighted by molar-refractivity contribution is -0.141. The van der Waals surface area contributed by atoms with Gasteiger partial charge in [-0.2, -0.15) is 0 Å². The molecule has 1 N–H and O–H groups in total. The van der Waals surface area contributed by atoms with Gasteiger partial charge in [0, 0.05) is 25.6 Å². The van der Waals surface area contributed by atoms with Crippen molar-refractivity contribution in [3.8, 4) is 5.75 Å². The minimum Gasteiger partial charge on any atom is -0.497 e. The maximum atomic E-state index is 13.4. The third kappa shape index (κ3) is 8.49. The molecule has 0 heterocycles. The van der Waals surface area contributed by atoms with Crippen LogP contribution in [0.15, 0.2) is 54.6 Å². The van der Waals surface area contributed by atoms with Crippen molar-refractivity contribution in [3.05, 3.63) is 60.2 Å². The predicted molar refractivity (Wildman–Crippen MR) is 146 cm³/mol. The van der Waals surface area contributed by atoms with Crippen LogP contribution in [0.5, 0.6) is 5.75 Å². The zero-order valence-electron chi connectivity index (χ0n) is 22.1. The Morgan fingerprint density at radius 1 is 1.03 bits per heavy atom. The van der Waals surface area contributed by atoms with Crippen molar-refractivity contribution >= 4 is 27.5 Å². The number of rotatable bonds is 12. The molecule has 0 aromatic heterocycles. The number of ether oxygens (including phenoxy) is 1. The second-order valence-corrected chi connectivity index (χ2v) is 11.6. The summed E-state index contributed by atoms with van der Waals surface area (Å²) in [7, 11) is -2.00. The van der Waals surface area contributed by atoms with Gasteiger partial charge < -0.3 is 15.0 Å².